The van der Waals surface area contributed by atoms with Crippen LogP contribution in [0, 0.1) is 0 Å². The van der Waals surface area contributed by atoms with Crippen molar-refractivity contribution < 1.29 is 19.2 Å². The predicted octanol–water partition coefficient (Wildman–Crippen LogP) is 2.34. The number of nitrogens with one attached hydrogen (secondary N) is 1. The van der Waals surface area contributed by atoms with Gasteiger partial charge in [0, 0.05) is 24.6 Å². The fraction of sp³-hybridized carbons (Fsp3) is 0.200. The first-order valence-corrected chi connectivity index (χ1v) is 9.70. The van der Waals surface area contributed by atoms with Gasteiger partial charge in [0.15, 0.2) is 0 Å². The Bertz CT molecular complexity index is 989. The summed E-state index contributed by atoms with van der Waals surface area (Å²) in [6.07, 6.45) is 1.91. The van der Waals surface area contributed by atoms with Crippen LogP contribution in [-0.2, 0) is 4.79 Å². The number of likely N-dealkylation sites (N-methyl/N-ethyl adjacent to an activating group) is 1. The fourth-order valence-electron chi connectivity index (χ4n) is 2.94. The second-order valence-electron chi connectivity index (χ2n) is 6.34. The number of carbonyl (C=O) groups excluding carboxylic acids is 4. The number of anilines is 1. The third-order valence-corrected chi connectivity index (χ3v) is 5.24. The third kappa shape index (κ3) is 3.63. The molecule has 4 amide bonds. The van der Waals surface area contributed by atoms with E-state index in [4.69, 9.17) is 0 Å². The second-order valence-corrected chi connectivity index (χ2v) is 7.19. The normalized spacial score (nSPS) is 12.8. The molecule has 0 fully saturated rings. The van der Waals surface area contributed by atoms with Gasteiger partial charge in [0.25, 0.3) is 17.7 Å². The maximum absolute atomic E-state index is 12.7. The lowest BCUT2D eigenvalue weighted by Crippen LogP contribution is -2.35. The number of benzene rings is 2. The molecule has 0 saturated heterocycles. The number of hydrogen-bond acceptors (Lipinski definition) is 5. The fourth-order valence-corrected chi connectivity index (χ4v) is 3.49. The van der Waals surface area contributed by atoms with Gasteiger partial charge in [-0.05, 0) is 36.6 Å². The van der Waals surface area contributed by atoms with Crippen LogP contribution in [0.1, 0.15) is 31.1 Å². The average molecular weight is 397 g/mol. The zero-order chi connectivity index (χ0) is 20.4. The summed E-state index contributed by atoms with van der Waals surface area (Å²) in [6, 6.07) is 11.8. The molecule has 0 spiro atoms. The van der Waals surface area contributed by atoms with Gasteiger partial charge in [-0.25, -0.2) is 0 Å². The largest absolute Gasteiger partial charge is 0.332 e. The minimum absolute atomic E-state index is 0.147. The van der Waals surface area contributed by atoms with Crippen molar-refractivity contribution in [2.75, 3.05) is 32.2 Å². The lowest BCUT2D eigenvalue weighted by molar-refractivity contribution is -0.116. The minimum atomic E-state index is -0.441. The molecule has 0 unspecified atom stereocenters. The van der Waals surface area contributed by atoms with Crippen molar-refractivity contribution in [1.29, 1.82) is 0 Å². The Morgan fingerprint density at radius 1 is 1.07 bits per heavy atom. The van der Waals surface area contributed by atoms with Crippen molar-refractivity contribution in [2.24, 2.45) is 0 Å². The molecule has 1 N–H and O–H groups in total. The first-order chi connectivity index (χ1) is 13.3. The summed E-state index contributed by atoms with van der Waals surface area (Å²) in [5.74, 6) is -1.57. The number of thioether (sulfide) groups is 1. The Morgan fingerprint density at radius 3 is 2.46 bits per heavy atom. The average Bonchev–Trinajstić information content (AvgIpc) is 2.91. The van der Waals surface area contributed by atoms with Crippen LogP contribution in [0.25, 0.3) is 0 Å². The van der Waals surface area contributed by atoms with Crippen molar-refractivity contribution in [1.82, 2.24) is 9.80 Å². The molecule has 8 heteroatoms. The molecule has 0 saturated carbocycles. The molecular weight excluding hydrogens is 378 g/mol. The molecule has 0 atom stereocenters. The second kappa shape index (κ2) is 7.85. The Labute approximate surface area is 166 Å². The number of carbonyl (C=O) groups is 4. The highest BCUT2D eigenvalue weighted by molar-refractivity contribution is 7.98. The Hall–Kier alpha value is -3.13. The Morgan fingerprint density at radius 2 is 1.75 bits per heavy atom. The quantitative estimate of drug-likeness (QED) is 0.618. The Balaban J connectivity index is 1.71. The van der Waals surface area contributed by atoms with Crippen LogP contribution < -0.4 is 5.32 Å². The van der Waals surface area contributed by atoms with Gasteiger partial charge in [-0.3, -0.25) is 24.1 Å². The maximum Gasteiger partial charge on any atom is 0.261 e. The highest BCUT2D eigenvalue weighted by Crippen LogP contribution is 2.25. The monoisotopic (exact) mass is 397 g/mol. The van der Waals surface area contributed by atoms with E-state index in [0.717, 1.165) is 9.80 Å². The third-order valence-electron chi connectivity index (χ3n) is 4.45. The summed E-state index contributed by atoms with van der Waals surface area (Å²) in [4.78, 5) is 52.3. The number of amides is 4. The van der Waals surface area contributed by atoms with Crippen LogP contribution in [0.2, 0.25) is 0 Å². The summed E-state index contributed by atoms with van der Waals surface area (Å²) in [5.41, 5.74) is 1.41. The van der Waals surface area contributed by atoms with Gasteiger partial charge < -0.3 is 10.2 Å². The molecule has 28 heavy (non-hydrogen) atoms. The molecule has 1 aliphatic rings. The topological polar surface area (TPSA) is 86.8 Å². The zero-order valence-corrected chi connectivity index (χ0v) is 16.5. The van der Waals surface area contributed by atoms with Crippen LogP contribution in [-0.4, -0.2) is 60.3 Å². The smallest absolute Gasteiger partial charge is 0.261 e. The van der Waals surface area contributed by atoms with Gasteiger partial charge in [-0.15, -0.1) is 11.8 Å². The molecule has 1 aliphatic heterocycles. The van der Waals surface area contributed by atoms with Gasteiger partial charge in [0.05, 0.1) is 23.4 Å². The first kappa shape index (κ1) is 19.6. The van der Waals surface area contributed by atoms with E-state index in [2.05, 4.69) is 5.32 Å². The molecule has 1 heterocycles. The zero-order valence-electron chi connectivity index (χ0n) is 15.7. The highest BCUT2D eigenvalue weighted by Gasteiger charge is 2.33. The molecule has 0 aliphatic carbocycles. The van der Waals surface area contributed by atoms with Crippen molar-refractivity contribution in [3.8, 4) is 0 Å². The van der Waals surface area contributed by atoms with Crippen LogP contribution >= 0.6 is 11.8 Å². The predicted molar refractivity (Wildman–Crippen MR) is 107 cm³/mol. The standard InChI is InChI=1S/C20H19N3O4S/c1-22(11-17(24)21-15-6-4-5-7-16(15)28-3)18(25)12-8-9-13-14(10-12)20(27)23(2)19(13)26/h4-10H,11H2,1-3H3,(H,21,24). The molecule has 0 bridgehead atoms. The Kier molecular flexibility index (Phi) is 5.51. The highest BCUT2D eigenvalue weighted by atomic mass is 32.2. The number of fused-ring (bicyclic) bond motifs is 1. The maximum atomic E-state index is 12.7. The number of hydrogen-bond donors (Lipinski definition) is 1. The van der Waals surface area contributed by atoms with Gasteiger partial charge >= 0.3 is 0 Å². The minimum Gasteiger partial charge on any atom is -0.332 e. The van der Waals surface area contributed by atoms with E-state index in [1.165, 1.54) is 49.0 Å². The summed E-state index contributed by atoms with van der Waals surface area (Å²) >= 11 is 1.51. The van der Waals surface area contributed by atoms with E-state index in [-0.39, 0.29) is 35.0 Å². The molecule has 2 aromatic carbocycles. The van der Waals surface area contributed by atoms with Gasteiger partial charge in [0.2, 0.25) is 5.91 Å². The van der Waals surface area contributed by atoms with E-state index < -0.39 is 11.8 Å². The molecule has 0 radical (unpaired) electrons. The van der Waals surface area contributed by atoms with E-state index in [9.17, 15) is 19.2 Å². The molecule has 0 aromatic heterocycles. The summed E-state index contributed by atoms with van der Waals surface area (Å²) in [5, 5.41) is 2.80. The van der Waals surface area contributed by atoms with Crippen LogP contribution in [0.4, 0.5) is 5.69 Å². The van der Waals surface area contributed by atoms with Gasteiger partial charge in [-0.1, -0.05) is 12.1 Å². The molecular formula is C20H19N3O4S. The summed E-state index contributed by atoms with van der Waals surface area (Å²) in [7, 11) is 2.91. The van der Waals surface area contributed by atoms with Gasteiger partial charge in [-0.2, -0.15) is 0 Å². The van der Waals surface area contributed by atoms with Crippen molar-refractivity contribution >= 4 is 41.1 Å². The van der Waals surface area contributed by atoms with Crippen LogP contribution in [0.5, 0.6) is 0 Å². The van der Waals surface area contributed by atoms with Crippen molar-refractivity contribution in [2.45, 2.75) is 4.90 Å². The van der Waals surface area contributed by atoms with Gasteiger partial charge in [0.1, 0.15) is 0 Å². The summed E-state index contributed by atoms with van der Waals surface area (Å²) in [6.45, 7) is -0.147. The van der Waals surface area contributed by atoms with Crippen molar-refractivity contribution in [3.63, 3.8) is 0 Å². The number of para-hydroxylation sites is 1. The molecule has 7 nitrogen and oxygen atoms in total. The van der Waals surface area contributed by atoms with E-state index in [1.807, 2.05) is 24.5 Å². The summed E-state index contributed by atoms with van der Waals surface area (Å²) < 4.78 is 0. The molecule has 3 rings (SSSR count). The van der Waals surface area contributed by atoms with E-state index >= 15 is 0 Å². The molecule has 144 valence electrons. The first-order valence-electron chi connectivity index (χ1n) is 8.48. The van der Waals surface area contributed by atoms with E-state index in [0.29, 0.717) is 5.69 Å². The number of rotatable bonds is 5. The lowest BCUT2D eigenvalue weighted by atomic mass is 10.0. The number of nitrogens with zero attached hydrogens (tertiary/aromatic N) is 2. The number of imide groups is 1. The van der Waals surface area contributed by atoms with Crippen LogP contribution in [0.15, 0.2) is 47.4 Å². The van der Waals surface area contributed by atoms with Crippen LogP contribution in [0.3, 0.4) is 0 Å². The van der Waals surface area contributed by atoms with Crippen molar-refractivity contribution in [3.05, 3.63) is 59.2 Å². The van der Waals surface area contributed by atoms with E-state index in [1.54, 1.807) is 6.07 Å². The lowest BCUT2D eigenvalue weighted by Gasteiger charge is -2.18. The molecule has 2 aromatic rings. The SMILES string of the molecule is CSc1ccccc1NC(=O)CN(C)C(=O)c1ccc2c(c1)C(=O)N(C)C2=O.